The lowest BCUT2D eigenvalue weighted by molar-refractivity contribution is -0.385. The van der Waals surface area contributed by atoms with E-state index in [1.54, 1.807) is 0 Å². The van der Waals surface area contributed by atoms with Crippen LogP contribution in [-0.4, -0.2) is 39.2 Å². The van der Waals surface area contributed by atoms with Crippen LogP contribution in [0.3, 0.4) is 0 Å². The Balaban J connectivity index is 2.84. The van der Waals surface area contributed by atoms with Crippen molar-refractivity contribution in [2.45, 2.75) is 18.9 Å². The predicted molar refractivity (Wildman–Crippen MR) is 76.0 cm³/mol. The van der Waals surface area contributed by atoms with E-state index in [2.05, 4.69) is 21.2 Å². The van der Waals surface area contributed by atoms with E-state index < -0.39 is 28.8 Å². The number of amides is 1. The third kappa shape index (κ3) is 4.80. The number of aliphatic carboxylic acids is 1. The summed E-state index contributed by atoms with van der Waals surface area (Å²) in [7, 11) is 0. The maximum absolute atomic E-state index is 12.0. The minimum Gasteiger partial charge on any atom is -0.481 e. The Kier molecular flexibility index (Phi) is 5.39. The first-order valence-electron chi connectivity index (χ1n) is 5.79. The Bertz CT molecular complexity index is 587. The summed E-state index contributed by atoms with van der Waals surface area (Å²) in [5.74, 6) is -1.86. The molecule has 0 saturated heterocycles. The van der Waals surface area contributed by atoms with E-state index in [0.717, 1.165) is 0 Å². The number of hydrogen-bond acceptors (Lipinski definition) is 5. The molecule has 3 N–H and O–H groups in total. The van der Waals surface area contributed by atoms with Gasteiger partial charge in [0.25, 0.3) is 11.6 Å². The molecule has 0 spiro atoms. The molecule has 1 aromatic rings. The summed E-state index contributed by atoms with van der Waals surface area (Å²) in [5.41, 5.74) is -1.86. The zero-order chi connectivity index (χ0) is 16.2. The number of carboxylic acids is 1. The van der Waals surface area contributed by atoms with Gasteiger partial charge in [0.05, 0.1) is 22.5 Å². The first-order chi connectivity index (χ1) is 9.64. The quantitative estimate of drug-likeness (QED) is 0.517. The van der Waals surface area contributed by atoms with Crippen molar-refractivity contribution in [2.75, 3.05) is 6.54 Å². The fourth-order valence-electron chi connectivity index (χ4n) is 1.59. The third-order valence-electron chi connectivity index (χ3n) is 2.58. The molecule has 8 nitrogen and oxygen atoms in total. The minimum atomic E-state index is -1.62. The molecular formula is C12H13BrN2O6. The first kappa shape index (κ1) is 17.1. The summed E-state index contributed by atoms with van der Waals surface area (Å²) in [6.45, 7) is 0.969. The number of rotatable bonds is 6. The molecule has 9 heteroatoms. The maximum Gasteiger partial charge on any atom is 0.306 e. The van der Waals surface area contributed by atoms with E-state index in [-0.39, 0.29) is 22.3 Å². The summed E-state index contributed by atoms with van der Waals surface area (Å²) in [6.07, 6.45) is -0.538. The van der Waals surface area contributed by atoms with Crippen LogP contribution in [-0.2, 0) is 4.79 Å². The molecule has 0 saturated carbocycles. The smallest absolute Gasteiger partial charge is 0.306 e. The number of benzene rings is 1. The van der Waals surface area contributed by atoms with Crippen molar-refractivity contribution >= 4 is 33.5 Å². The standard InChI is InChI=1S/C12H13BrN2O6/c1-12(19,5-9(16)17)6-14-11(18)7-3-2-4-8(10(7)13)15(20)21/h2-4,19H,5-6H2,1H3,(H,14,18)(H,16,17). The number of carbonyl (C=O) groups excluding carboxylic acids is 1. The molecule has 0 bridgehead atoms. The van der Waals surface area contributed by atoms with Gasteiger partial charge in [-0.1, -0.05) is 6.07 Å². The van der Waals surface area contributed by atoms with Crippen LogP contribution in [0.1, 0.15) is 23.7 Å². The summed E-state index contributed by atoms with van der Waals surface area (Å²) < 4.78 is 0.0189. The lowest BCUT2D eigenvalue weighted by Gasteiger charge is -2.21. The van der Waals surface area contributed by atoms with Crippen molar-refractivity contribution in [1.82, 2.24) is 5.32 Å². The van der Waals surface area contributed by atoms with Crippen LogP contribution in [0.4, 0.5) is 5.69 Å². The van der Waals surface area contributed by atoms with Crippen LogP contribution in [0.2, 0.25) is 0 Å². The number of nitrogens with zero attached hydrogens (tertiary/aromatic N) is 1. The number of nitro groups is 1. The van der Waals surface area contributed by atoms with E-state index in [0.29, 0.717) is 0 Å². The second-order valence-corrected chi connectivity index (χ2v) is 5.44. The van der Waals surface area contributed by atoms with E-state index in [1.807, 2.05) is 0 Å². The van der Waals surface area contributed by atoms with Crippen LogP contribution in [0.5, 0.6) is 0 Å². The number of carboxylic acid groups (broad SMARTS) is 1. The Morgan fingerprint density at radius 2 is 2.10 bits per heavy atom. The van der Waals surface area contributed by atoms with E-state index in [1.165, 1.54) is 25.1 Å². The van der Waals surface area contributed by atoms with E-state index in [9.17, 15) is 24.8 Å². The Morgan fingerprint density at radius 1 is 1.48 bits per heavy atom. The van der Waals surface area contributed by atoms with Gasteiger partial charge in [0.15, 0.2) is 0 Å². The highest BCUT2D eigenvalue weighted by Gasteiger charge is 2.26. The van der Waals surface area contributed by atoms with Gasteiger partial charge in [0.2, 0.25) is 0 Å². The summed E-state index contributed by atoms with van der Waals surface area (Å²) in [6, 6.07) is 3.97. The van der Waals surface area contributed by atoms with Gasteiger partial charge < -0.3 is 15.5 Å². The second-order valence-electron chi connectivity index (χ2n) is 4.65. The Morgan fingerprint density at radius 3 is 2.62 bits per heavy atom. The van der Waals surface area contributed by atoms with Crippen LogP contribution in [0, 0.1) is 10.1 Å². The normalized spacial score (nSPS) is 13.3. The molecule has 1 unspecified atom stereocenters. The average molecular weight is 361 g/mol. The van der Waals surface area contributed by atoms with Gasteiger partial charge in [-0.15, -0.1) is 0 Å². The van der Waals surface area contributed by atoms with Crippen molar-refractivity contribution in [1.29, 1.82) is 0 Å². The highest BCUT2D eigenvalue weighted by molar-refractivity contribution is 9.10. The molecule has 114 valence electrons. The fourth-order valence-corrected chi connectivity index (χ4v) is 2.18. The summed E-state index contributed by atoms with van der Waals surface area (Å²) in [4.78, 5) is 32.6. The predicted octanol–water partition coefficient (Wildman–Crippen LogP) is 1.31. The topological polar surface area (TPSA) is 130 Å². The number of halogens is 1. The zero-order valence-corrected chi connectivity index (χ0v) is 12.6. The minimum absolute atomic E-state index is 0.0189. The largest absolute Gasteiger partial charge is 0.481 e. The number of aliphatic hydroxyl groups is 1. The van der Waals surface area contributed by atoms with Gasteiger partial charge in [0.1, 0.15) is 4.47 Å². The van der Waals surface area contributed by atoms with Crippen LogP contribution < -0.4 is 5.32 Å². The fraction of sp³-hybridized carbons (Fsp3) is 0.333. The van der Waals surface area contributed by atoms with Crippen molar-refractivity contribution in [3.8, 4) is 0 Å². The van der Waals surface area contributed by atoms with Crippen LogP contribution in [0.15, 0.2) is 22.7 Å². The maximum atomic E-state index is 12.0. The molecule has 0 aliphatic carbocycles. The summed E-state index contributed by atoms with van der Waals surface area (Å²) >= 11 is 2.98. The van der Waals surface area contributed by atoms with Crippen molar-refractivity contribution in [2.24, 2.45) is 0 Å². The Labute approximate surface area is 128 Å². The highest BCUT2D eigenvalue weighted by atomic mass is 79.9. The molecule has 0 fully saturated rings. The monoisotopic (exact) mass is 360 g/mol. The lowest BCUT2D eigenvalue weighted by atomic mass is 10.0. The molecule has 0 aromatic heterocycles. The van der Waals surface area contributed by atoms with Crippen LogP contribution in [0.25, 0.3) is 0 Å². The third-order valence-corrected chi connectivity index (χ3v) is 3.41. The van der Waals surface area contributed by atoms with Crippen molar-refractivity contribution < 1.29 is 24.7 Å². The molecule has 0 radical (unpaired) electrons. The number of nitro benzene ring substituents is 1. The Hall–Kier alpha value is -2.00. The SMILES string of the molecule is CC(O)(CNC(=O)c1cccc([N+](=O)[O-])c1Br)CC(=O)O. The van der Waals surface area contributed by atoms with Crippen LogP contribution >= 0.6 is 15.9 Å². The van der Waals surface area contributed by atoms with Gasteiger partial charge >= 0.3 is 5.97 Å². The molecule has 21 heavy (non-hydrogen) atoms. The van der Waals surface area contributed by atoms with Gasteiger partial charge in [-0.3, -0.25) is 19.7 Å². The molecule has 0 heterocycles. The van der Waals surface area contributed by atoms with Gasteiger partial charge in [-0.2, -0.15) is 0 Å². The molecule has 1 atom stereocenters. The number of hydrogen-bond donors (Lipinski definition) is 3. The average Bonchev–Trinajstić information content (AvgIpc) is 2.34. The molecule has 1 amide bonds. The molecule has 1 aromatic carbocycles. The molecule has 0 aliphatic rings. The summed E-state index contributed by atoms with van der Waals surface area (Å²) in [5, 5.41) is 31.5. The van der Waals surface area contributed by atoms with Crippen molar-refractivity contribution in [3.05, 3.63) is 38.3 Å². The molecule has 0 aliphatic heterocycles. The van der Waals surface area contributed by atoms with Gasteiger partial charge in [-0.25, -0.2) is 0 Å². The van der Waals surface area contributed by atoms with Gasteiger partial charge in [-0.05, 0) is 28.9 Å². The number of nitrogens with one attached hydrogen (secondary N) is 1. The van der Waals surface area contributed by atoms with E-state index in [4.69, 9.17) is 5.11 Å². The first-order valence-corrected chi connectivity index (χ1v) is 6.58. The number of carbonyl (C=O) groups is 2. The van der Waals surface area contributed by atoms with Gasteiger partial charge in [0, 0.05) is 12.6 Å². The zero-order valence-electron chi connectivity index (χ0n) is 11.0. The highest BCUT2D eigenvalue weighted by Crippen LogP contribution is 2.28. The molecular weight excluding hydrogens is 348 g/mol. The molecule has 1 rings (SSSR count). The lowest BCUT2D eigenvalue weighted by Crippen LogP contribution is -2.42. The van der Waals surface area contributed by atoms with Crippen molar-refractivity contribution in [3.63, 3.8) is 0 Å². The van der Waals surface area contributed by atoms with E-state index >= 15 is 0 Å². The second kappa shape index (κ2) is 6.64.